The fourth-order valence-corrected chi connectivity index (χ4v) is 1.31. The van der Waals surface area contributed by atoms with E-state index in [4.69, 9.17) is 9.84 Å². The standard InChI is InChI=1S/C14H21NO3/c1-11-6-4-5-7-12(11)18-8-13(17)15-9-14(2,3)10-16/h4-7,16H,8-10H2,1-3H3,(H,15,17). The first-order valence-corrected chi connectivity index (χ1v) is 6.00. The summed E-state index contributed by atoms with van der Waals surface area (Å²) in [6, 6.07) is 7.56. The van der Waals surface area contributed by atoms with E-state index in [9.17, 15) is 4.79 Å². The number of hydrogen-bond donors (Lipinski definition) is 2. The molecule has 1 aromatic rings. The lowest BCUT2D eigenvalue weighted by Gasteiger charge is -2.21. The molecule has 0 unspecified atom stereocenters. The van der Waals surface area contributed by atoms with Crippen LogP contribution in [0.4, 0.5) is 0 Å². The number of para-hydroxylation sites is 1. The molecule has 0 aliphatic rings. The maximum absolute atomic E-state index is 11.6. The Kier molecular flexibility index (Phi) is 5.16. The van der Waals surface area contributed by atoms with Crippen LogP contribution in [0.25, 0.3) is 0 Å². The van der Waals surface area contributed by atoms with E-state index in [0.717, 1.165) is 5.56 Å². The number of aryl methyl sites for hydroxylation is 1. The van der Waals surface area contributed by atoms with Gasteiger partial charge in [-0.3, -0.25) is 4.79 Å². The molecule has 0 saturated carbocycles. The van der Waals surface area contributed by atoms with Crippen LogP contribution in [0.5, 0.6) is 5.75 Å². The Bertz CT molecular complexity index is 402. The van der Waals surface area contributed by atoms with Crippen molar-refractivity contribution in [2.45, 2.75) is 20.8 Å². The Labute approximate surface area is 108 Å². The number of ether oxygens (including phenoxy) is 1. The summed E-state index contributed by atoms with van der Waals surface area (Å²) in [6.45, 7) is 6.16. The molecule has 4 heteroatoms. The number of aliphatic hydroxyl groups is 1. The third-order valence-electron chi connectivity index (χ3n) is 2.64. The van der Waals surface area contributed by atoms with Gasteiger partial charge in [0.25, 0.3) is 5.91 Å². The lowest BCUT2D eigenvalue weighted by Crippen LogP contribution is -2.38. The zero-order valence-electron chi connectivity index (χ0n) is 11.2. The van der Waals surface area contributed by atoms with Crippen LogP contribution in [0.1, 0.15) is 19.4 Å². The number of amides is 1. The molecule has 18 heavy (non-hydrogen) atoms. The van der Waals surface area contributed by atoms with E-state index in [1.165, 1.54) is 0 Å². The van der Waals surface area contributed by atoms with Gasteiger partial charge in [0.2, 0.25) is 0 Å². The van der Waals surface area contributed by atoms with Gasteiger partial charge in [0, 0.05) is 18.6 Å². The van der Waals surface area contributed by atoms with E-state index < -0.39 is 0 Å². The third kappa shape index (κ3) is 4.75. The van der Waals surface area contributed by atoms with E-state index in [-0.39, 0.29) is 24.5 Å². The van der Waals surface area contributed by atoms with Gasteiger partial charge in [0.1, 0.15) is 5.75 Å². The van der Waals surface area contributed by atoms with E-state index in [2.05, 4.69) is 5.32 Å². The van der Waals surface area contributed by atoms with Gasteiger partial charge >= 0.3 is 0 Å². The summed E-state index contributed by atoms with van der Waals surface area (Å²) < 4.78 is 5.42. The highest BCUT2D eigenvalue weighted by Gasteiger charge is 2.17. The molecule has 100 valence electrons. The first kappa shape index (κ1) is 14.5. The molecule has 0 radical (unpaired) electrons. The fourth-order valence-electron chi connectivity index (χ4n) is 1.31. The fraction of sp³-hybridized carbons (Fsp3) is 0.500. The molecule has 4 nitrogen and oxygen atoms in total. The molecule has 2 N–H and O–H groups in total. The Hall–Kier alpha value is -1.55. The largest absolute Gasteiger partial charge is 0.484 e. The Morgan fingerprint density at radius 1 is 1.39 bits per heavy atom. The summed E-state index contributed by atoms with van der Waals surface area (Å²) in [7, 11) is 0. The van der Waals surface area contributed by atoms with Crippen molar-refractivity contribution in [3.05, 3.63) is 29.8 Å². The Balaban J connectivity index is 2.36. The second-order valence-corrected chi connectivity index (χ2v) is 5.15. The van der Waals surface area contributed by atoms with E-state index >= 15 is 0 Å². The van der Waals surface area contributed by atoms with Gasteiger partial charge in [-0.2, -0.15) is 0 Å². The maximum atomic E-state index is 11.6. The number of benzene rings is 1. The second kappa shape index (κ2) is 6.40. The average molecular weight is 251 g/mol. The smallest absolute Gasteiger partial charge is 0.257 e. The van der Waals surface area contributed by atoms with Gasteiger partial charge in [-0.15, -0.1) is 0 Å². The zero-order valence-corrected chi connectivity index (χ0v) is 11.2. The van der Waals surface area contributed by atoms with Gasteiger partial charge < -0.3 is 15.2 Å². The van der Waals surface area contributed by atoms with Crippen molar-refractivity contribution in [1.29, 1.82) is 0 Å². The quantitative estimate of drug-likeness (QED) is 0.805. The van der Waals surface area contributed by atoms with Gasteiger partial charge in [-0.05, 0) is 18.6 Å². The van der Waals surface area contributed by atoms with Crippen LogP contribution in [-0.2, 0) is 4.79 Å². The van der Waals surface area contributed by atoms with Crippen molar-refractivity contribution < 1.29 is 14.6 Å². The zero-order chi connectivity index (χ0) is 13.6. The van der Waals surface area contributed by atoms with Crippen LogP contribution in [-0.4, -0.2) is 30.8 Å². The van der Waals surface area contributed by atoms with Gasteiger partial charge in [-0.25, -0.2) is 0 Å². The molecule has 0 spiro atoms. The number of nitrogens with one attached hydrogen (secondary N) is 1. The predicted octanol–water partition coefficient (Wildman–Crippen LogP) is 1.51. The first-order valence-electron chi connectivity index (χ1n) is 6.00. The number of hydrogen-bond acceptors (Lipinski definition) is 3. The van der Waals surface area contributed by atoms with Crippen LogP contribution < -0.4 is 10.1 Å². The number of carbonyl (C=O) groups is 1. The van der Waals surface area contributed by atoms with Gasteiger partial charge in [-0.1, -0.05) is 32.0 Å². The van der Waals surface area contributed by atoms with Crippen molar-refractivity contribution >= 4 is 5.91 Å². The van der Waals surface area contributed by atoms with Crippen molar-refractivity contribution in [3.63, 3.8) is 0 Å². The highest BCUT2D eigenvalue weighted by atomic mass is 16.5. The maximum Gasteiger partial charge on any atom is 0.257 e. The first-order chi connectivity index (χ1) is 8.44. The summed E-state index contributed by atoms with van der Waals surface area (Å²) >= 11 is 0. The summed E-state index contributed by atoms with van der Waals surface area (Å²) in [5.74, 6) is 0.536. The molecule has 1 rings (SSSR count). The van der Waals surface area contributed by atoms with E-state index in [1.54, 1.807) is 0 Å². The van der Waals surface area contributed by atoms with Crippen molar-refractivity contribution in [2.24, 2.45) is 5.41 Å². The highest BCUT2D eigenvalue weighted by Crippen LogP contribution is 2.16. The van der Waals surface area contributed by atoms with Gasteiger partial charge in [0.05, 0.1) is 0 Å². The molecule has 0 bridgehead atoms. The normalized spacial score (nSPS) is 11.1. The van der Waals surface area contributed by atoms with Crippen LogP contribution in [0.3, 0.4) is 0 Å². The molecular formula is C14H21NO3. The second-order valence-electron chi connectivity index (χ2n) is 5.15. The molecule has 0 atom stereocenters. The number of aliphatic hydroxyl groups excluding tert-OH is 1. The minimum atomic E-state index is -0.307. The highest BCUT2D eigenvalue weighted by molar-refractivity contribution is 5.77. The van der Waals surface area contributed by atoms with Crippen LogP contribution in [0.15, 0.2) is 24.3 Å². The molecular weight excluding hydrogens is 230 g/mol. The molecule has 1 amide bonds. The Morgan fingerprint density at radius 3 is 2.67 bits per heavy atom. The predicted molar refractivity (Wildman–Crippen MR) is 70.6 cm³/mol. The topological polar surface area (TPSA) is 58.6 Å². The molecule has 0 saturated heterocycles. The van der Waals surface area contributed by atoms with Crippen molar-refractivity contribution in [2.75, 3.05) is 19.8 Å². The number of rotatable bonds is 6. The summed E-state index contributed by atoms with van der Waals surface area (Å²) in [6.07, 6.45) is 0. The van der Waals surface area contributed by atoms with Crippen LogP contribution in [0, 0.1) is 12.3 Å². The van der Waals surface area contributed by atoms with Crippen molar-refractivity contribution in [3.8, 4) is 5.75 Å². The Morgan fingerprint density at radius 2 is 2.06 bits per heavy atom. The van der Waals surface area contributed by atoms with E-state index in [0.29, 0.717) is 12.3 Å². The van der Waals surface area contributed by atoms with Gasteiger partial charge in [0.15, 0.2) is 6.61 Å². The van der Waals surface area contributed by atoms with E-state index in [1.807, 2.05) is 45.0 Å². The summed E-state index contributed by atoms with van der Waals surface area (Å²) in [4.78, 5) is 11.6. The van der Waals surface area contributed by atoms with Crippen LogP contribution >= 0.6 is 0 Å². The van der Waals surface area contributed by atoms with Crippen LogP contribution in [0.2, 0.25) is 0 Å². The summed E-state index contributed by atoms with van der Waals surface area (Å²) in [5.41, 5.74) is 0.694. The lowest BCUT2D eigenvalue weighted by molar-refractivity contribution is -0.123. The molecule has 0 fully saturated rings. The lowest BCUT2D eigenvalue weighted by atomic mass is 9.95. The minimum Gasteiger partial charge on any atom is -0.484 e. The monoisotopic (exact) mass is 251 g/mol. The molecule has 0 aliphatic carbocycles. The SMILES string of the molecule is Cc1ccccc1OCC(=O)NCC(C)(C)CO. The molecule has 0 aliphatic heterocycles. The molecule has 0 heterocycles. The molecule has 1 aromatic carbocycles. The number of carbonyl (C=O) groups excluding carboxylic acids is 1. The minimum absolute atomic E-state index is 0.00758. The summed E-state index contributed by atoms with van der Waals surface area (Å²) in [5, 5.41) is 11.8. The average Bonchev–Trinajstić information content (AvgIpc) is 2.35. The third-order valence-corrected chi connectivity index (χ3v) is 2.64. The van der Waals surface area contributed by atoms with Crippen molar-refractivity contribution in [1.82, 2.24) is 5.32 Å². The molecule has 0 aromatic heterocycles.